The standard InChI is InChI=1S/C16H20FN3O/c1-4-21-16-10-15(19-12(3)20-16)18-8-7-13-5-6-14(17)9-11(13)2/h5-6,9-10H,4,7-8H2,1-3H3,(H,18,19,20). The molecule has 0 aliphatic carbocycles. The predicted octanol–water partition coefficient (Wildman–Crippen LogP) is 3.29. The van der Waals surface area contributed by atoms with Crippen LogP contribution in [0.2, 0.25) is 0 Å². The van der Waals surface area contributed by atoms with Gasteiger partial charge in [0.25, 0.3) is 0 Å². The first-order chi connectivity index (χ1) is 10.1. The van der Waals surface area contributed by atoms with Crippen molar-refractivity contribution in [2.24, 2.45) is 0 Å². The van der Waals surface area contributed by atoms with Crippen LogP contribution in [-0.4, -0.2) is 23.1 Å². The maximum atomic E-state index is 13.0. The average molecular weight is 289 g/mol. The van der Waals surface area contributed by atoms with Crippen LogP contribution in [0.5, 0.6) is 5.88 Å². The van der Waals surface area contributed by atoms with Crippen LogP contribution in [0.3, 0.4) is 0 Å². The van der Waals surface area contributed by atoms with Gasteiger partial charge in [0.05, 0.1) is 6.61 Å². The van der Waals surface area contributed by atoms with Gasteiger partial charge >= 0.3 is 0 Å². The van der Waals surface area contributed by atoms with Crippen LogP contribution >= 0.6 is 0 Å². The van der Waals surface area contributed by atoms with Crippen molar-refractivity contribution < 1.29 is 9.13 Å². The monoisotopic (exact) mass is 289 g/mol. The van der Waals surface area contributed by atoms with Gasteiger partial charge in [0.1, 0.15) is 17.5 Å². The summed E-state index contributed by atoms with van der Waals surface area (Å²) < 4.78 is 18.4. The topological polar surface area (TPSA) is 47.0 Å². The van der Waals surface area contributed by atoms with Crippen LogP contribution < -0.4 is 10.1 Å². The van der Waals surface area contributed by atoms with Gasteiger partial charge < -0.3 is 10.1 Å². The summed E-state index contributed by atoms with van der Waals surface area (Å²) >= 11 is 0. The van der Waals surface area contributed by atoms with Gasteiger partial charge in [-0.25, -0.2) is 9.37 Å². The van der Waals surface area contributed by atoms with Gasteiger partial charge in [0.15, 0.2) is 0 Å². The van der Waals surface area contributed by atoms with E-state index in [1.54, 1.807) is 12.1 Å². The zero-order chi connectivity index (χ0) is 15.2. The summed E-state index contributed by atoms with van der Waals surface area (Å²) in [5.41, 5.74) is 2.09. The Morgan fingerprint density at radius 3 is 2.71 bits per heavy atom. The number of nitrogens with zero attached hydrogens (tertiary/aromatic N) is 2. The molecule has 1 N–H and O–H groups in total. The number of aromatic nitrogens is 2. The van der Waals surface area contributed by atoms with Crippen molar-refractivity contribution in [3.8, 4) is 5.88 Å². The molecule has 0 radical (unpaired) electrons. The number of aryl methyl sites for hydroxylation is 2. The molecular weight excluding hydrogens is 269 g/mol. The van der Waals surface area contributed by atoms with Crippen molar-refractivity contribution in [1.29, 1.82) is 0 Å². The lowest BCUT2D eigenvalue weighted by molar-refractivity contribution is 0.325. The highest BCUT2D eigenvalue weighted by atomic mass is 19.1. The molecule has 1 aromatic carbocycles. The van der Waals surface area contributed by atoms with Crippen LogP contribution in [0.4, 0.5) is 10.2 Å². The molecule has 4 nitrogen and oxygen atoms in total. The van der Waals surface area contributed by atoms with Gasteiger partial charge in [0.2, 0.25) is 5.88 Å². The summed E-state index contributed by atoms with van der Waals surface area (Å²) in [7, 11) is 0. The second-order valence-corrected chi connectivity index (χ2v) is 4.82. The second kappa shape index (κ2) is 7.02. The first kappa shape index (κ1) is 15.2. The first-order valence-electron chi connectivity index (χ1n) is 7.06. The summed E-state index contributed by atoms with van der Waals surface area (Å²) in [5.74, 6) is 1.79. The van der Waals surface area contributed by atoms with Crippen molar-refractivity contribution in [3.63, 3.8) is 0 Å². The zero-order valence-electron chi connectivity index (χ0n) is 12.6. The van der Waals surface area contributed by atoms with E-state index in [9.17, 15) is 4.39 Å². The van der Waals surface area contributed by atoms with Gasteiger partial charge in [-0.2, -0.15) is 4.98 Å². The highest BCUT2D eigenvalue weighted by molar-refractivity contribution is 5.39. The van der Waals surface area contributed by atoms with Crippen molar-refractivity contribution in [2.75, 3.05) is 18.5 Å². The maximum absolute atomic E-state index is 13.0. The molecule has 0 fully saturated rings. The van der Waals surface area contributed by atoms with E-state index in [1.165, 1.54) is 6.07 Å². The Labute approximate surface area is 124 Å². The number of nitrogens with one attached hydrogen (secondary N) is 1. The lowest BCUT2D eigenvalue weighted by atomic mass is 10.1. The molecule has 2 rings (SSSR count). The quantitative estimate of drug-likeness (QED) is 0.886. The largest absolute Gasteiger partial charge is 0.478 e. The molecular formula is C16H20FN3O. The van der Waals surface area contributed by atoms with Gasteiger partial charge in [0, 0.05) is 12.6 Å². The van der Waals surface area contributed by atoms with Crippen molar-refractivity contribution in [3.05, 3.63) is 47.0 Å². The van der Waals surface area contributed by atoms with Crippen LogP contribution in [0, 0.1) is 19.7 Å². The minimum absolute atomic E-state index is 0.197. The van der Waals surface area contributed by atoms with E-state index in [1.807, 2.05) is 26.8 Å². The number of ether oxygens (including phenoxy) is 1. The molecule has 1 aromatic heterocycles. The van der Waals surface area contributed by atoms with Gasteiger partial charge in [-0.1, -0.05) is 6.07 Å². The number of hydrogen-bond donors (Lipinski definition) is 1. The van der Waals surface area contributed by atoms with Crippen LogP contribution in [0.15, 0.2) is 24.3 Å². The van der Waals surface area contributed by atoms with E-state index in [0.29, 0.717) is 24.9 Å². The molecule has 0 bridgehead atoms. The van der Waals surface area contributed by atoms with E-state index in [-0.39, 0.29) is 5.82 Å². The highest BCUT2D eigenvalue weighted by Crippen LogP contribution is 2.14. The van der Waals surface area contributed by atoms with E-state index in [4.69, 9.17) is 4.74 Å². The molecule has 0 spiro atoms. The Kier molecular flexibility index (Phi) is 5.09. The Morgan fingerprint density at radius 1 is 1.19 bits per heavy atom. The minimum atomic E-state index is -0.197. The molecule has 5 heteroatoms. The fourth-order valence-corrected chi connectivity index (χ4v) is 2.12. The third-order valence-corrected chi connectivity index (χ3v) is 3.11. The molecule has 1 heterocycles. The Morgan fingerprint density at radius 2 is 2.00 bits per heavy atom. The SMILES string of the molecule is CCOc1cc(NCCc2ccc(F)cc2C)nc(C)n1. The normalized spacial score (nSPS) is 10.5. The van der Waals surface area contributed by atoms with E-state index in [0.717, 1.165) is 23.4 Å². The summed E-state index contributed by atoms with van der Waals surface area (Å²) in [4.78, 5) is 8.52. The maximum Gasteiger partial charge on any atom is 0.218 e. The lowest BCUT2D eigenvalue weighted by Crippen LogP contribution is -2.09. The molecule has 0 aliphatic rings. The molecule has 112 valence electrons. The fourth-order valence-electron chi connectivity index (χ4n) is 2.12. The molecule has 0 amide bonds. The summed E-state index contributed by atoms with van der Waals surface area (Å²) in [5, 5.41) is 3.25. The molecule has 0 aliphatic heterocycles. The van der Waals surface area contributed by atoms with Crippen LogP contribution in [-0.2, 0) is 6.42 Å². The predicted molar refractivity (Wildman–Crippen MR) is 81.3 cm³/mol. The third-order valence-electron chi connectivity index (χ3n) is 3.11. The summed E-state index contributed by atoms with van der Waals surface area (Å²) in [6.45, 7) is 6.96. The Hall–Kier alpha value is -2.17. The highest BCUT2D eigenvalue weighted by Gasteiger charge is 2.04. The van der Waals surface area contributed by atoms with Gasteiger partial charge in [-0.05, 0) is 50.5 Å². The minimum Gasteiger partial charge on any atom is -0.478 e. The van der Waals surface area contributed by atoms with E-state index < -0.39 is 0 Å². The number of anilines is 1. The number of rotatable bonds is 6. The first-order valence-corrected chi connectivity index (χ1v) is 7.06. The molecule has 0 saturated carbocycles. The smallest absolute Gasteiger partial charge is 0.218 e. The second-order valence-electron chi connectivity index (χ2n) is 4.82. The van der Waals surface area contributed by atoms with Crippen molar-refractivity contribution >= 4 is 5.82 Å². The molecule has 0 unspecified atom stereocenters. The van der Waals surface area contributed by atoms with Gasteiger partial charge in [-0.3, -0.25) is 0 Å². The summed E-state index contributed by atoms with van der Waals surface area (Å²) in [6, 6.07) is 6.65. The van der Waals surface area contributed by atoms with Crippen molar-refractivity contribution in [1.82, 2.24) is 9.97 Å². The Bertz CT molecular complexity index is 616. The van der Waals surface area contributed by atoms with E-state index >= 15 is 0 Å². The number of hydrogen-bond acceptors (Lipinski definition) is 4. The van der Waals surface area contributed by atoms with Crippen LogP contribution in [0.25, 0.3) is 0 Å². The molecule has 0 saturated heterocycles. The van der Waals surface area contributed by atoms with E-state index in [2.05, 4.69) is 15.3 Å². The molecule has 2 aromatic rings. The van der Waals surface area contributed by atoms with Gasteiger partial charge in [-0.15, -0.1) is 0 Å². The lowest BCUT2D eigenvalue weighted by Gasteiger charge is -2.10. The summed E-state index contributed by atoms with van der Waals surface area (Å²) in [6.07, 6.45) is 0.805. The molecule has 0 atom stereocenters. The zero-order valence-corrected chi connectivity index (χ0v) is 12.6. The van der Waals surface area contributed by atoms with Crippen LogP contribution in [0.1, 0.15) is 23.9 Å². The fraction of sp³-hybridized carbons (Fsp3) is 0.375. The Balaban J connectivity index is 1.96. The van der Waals surface area contributed by atoms with Crippen molar-refractivity contribution in [2.45, 2.75) is 27.2 Å². The average Bonchev–Trinajstić information content (AvgIpc) is 2.41. The molecule has 21 heavy (non-hydrogen) atoms. The number of halogens is 1. The number of benzene rings is 1. The third kappa shape index (κ3) is 4.41.